The van der Waals surface area contributed by atoms with Crippen LogP contribution < -0.4 is 5.32 Å². The highest BCUT2D eigenvalue weighted by Gasteiger charge is 2.69. The molecule has 0 bridgehead atoms. The van der Waals surface area contributed by atoms with Gasteiger partial charge in [-0.15, -0.1) is 0 Å². The zero-order valence-corrected chi connectivity index (χ0v) is 31.3. The number of sulfonamides is 1. The Hall–Kier alpha value is -2.18. The SMILES string of the molecule is CN1CC[C@@H](C2(CC(=O)C[C@H]3COCCCCCCC[C@@H](C(=O)C(=O)NC4CC4)CC(=O)[C@@H]4[C@@H]5[C@H](CN4C3=O)C5(C)C)CCCCC2)S1(=O)=O. The lowest BCUT2D eigenvalue weighted by atomic mass is 9.67. The summed E-state index contributed by atoms with van der Waals surface area (Å²) in [7, 11) is -1.89. The van der Waals surface area contributed by atoms with Gasteiger partial charge in [0.15, 0.2) is 5.78 Å². The molecule has 0 aromatic heterocycles. The summed E-state index contributed by atoms with van der Waals surface area (Å²) in [6.07, 6.45) is 11.2. The lowest BCUT2D eigenvalue weighted by Gasteiger charge is -2.41. The summed E-state index contributed by atoms with van der Waals surface area (Å²) in [5.74, 6) is -3.10. The summed E-state index contributed by atoms with van der Waals surface area (Å²) in [4.78, 5) is 70.7. The summed E-state index contributed by atoms with van der Waals surface area (Å²) in [5, 5.41) is 2.21. The van der Waals surface area contributed by atoms with Crippen LogP contribution in [0.25, 0.3) is 0 Å². The number of ether oxygens (including phenoxy) is 1. The number of Topliss-reactive ketones (excluding diaryl/α,β-unsaturated/α-hetero) is 3. The van der Waals surface area contributed by atoms with Crippen LogP contribution in [-0.4, -0.2) is 97.5 Å². The number of carbonyl (C=O) groups is 5. The Labute approximate surface area is 298 Å². The molecule has 3 heterocycles. The number of rotatable bonds is 8. The maximum atomic E-state index is 14.5. The number of hydrogen-bond donors (Lipinski definition) is 1. The summed E-state index contributed by atoms with van der Waals surface area (Å²) in [6, 6.07) is -0.665. The molecule has 6 fully saturated rings. The van der Waals surface area contributed by atoms with Crippen molar-refractivity contribution in [2.45, 2.75) is 140 Å². The predicted octanol–water partition coefficient (Wildman–Crippen LogP) is 4.21. The molecule has 0 radical (unpaired) electrons. The Morgan fingerprint density at radius 1 is 0.920 bits per heavy atom. The number of amides is 2. The minimum atomic E-state index is -3.51. The average molecular weight is 718 g/mol. The first-order valence-corrected chi connectivity index (χ1v) is 21.0. The van der Waals surface area contributed by atoms with Gasteiger partial charge in [0.25, 0.3) is 5.91 Å². The van der Waals surface area contributed by atoms with Crippen LogP contribution in [0.4, 0.5) is 0 Å². The quantitative estimate of drug-likeness (QED) is 0.368. The largest absolute Gasteiger partial charge is 0.381 e. The van der Waals surface area contributed by atoms with Crippen LogP contribution in [0.5, 0.6) is 0 Å². The van der Waals surface area contributed by atoms with E-state index in [1.54, 1.807) is 11.9 Å². The molecule has 3 saturated heterocycles. The molecule has 6 aliphatic rings. The Morgan fingerprint density at radius 2 is 1.60 bits per heavy atom. The molecule has 0 spiro atoms. The fourth-order valence-electron chi connectivity index (χ4n) is 10.1. The van der Waals surface area contributed by atoms with E-state index in [0.29, 0.717) is 45.4 Å². The lowest BCUT2D eigenvalue weighted by molar-refractivity contribution is -0.147. The Bertz CT molecular complexity index is 1430. The van der Waals surface area contributed by atoms with Crippen LogP contribution in [0.2, 0.25) is 0 Å². The molecule has 3 saturated carbocycles. The Balaban J connectivity index is 1.22. The van der Waals surface area contributed by atoms with E-state index in [1.807, 2.05) is 0 Å². The summed E-state index contributed by atoms with van der Waals surface area (Å²) >= 11 is 0. The molecule has 6 atom stereocenters. The number of fused-ring (bicyclic) bond motifs is 3. The van der Waals surface area contributed by atoms with E-state index in [4.69, 9.17) is 4.74 Å². The molecule has 3 aliphatic heterocycles. The van der Waals surface area contributed by atoms with E-state index in [9.17, 15) is 32.4 Å². The first-order valence-electron chi connectivity index (χ1n) is 19.5. The first-order chi connectivity index (χ1) is 23.8. The van der Waals surface area contributed by atoms with Crippen LogP contribution in [0.1, 0.15) is 123 Å². The van der Waals surface area contributed by atoms with E-state index in [-0.39, 0.29) is 66.6 Å². The smallest absolute Gasteiger partial charge is 0.287 e. The van der Waals surface area contributed by atoms with E-state index in [1.165, 1.54) is 4.31 Å². The number of ketones is 3. The van der Waals surface area contributed by atoms with Crippen molar-refractivity contribution in [3.63, 3.8) is 0 Å². The van der Waals surface area contributed by atoms with Crippen molar-refractivity contribution in [3.8, 4) is 0 Å². The zero-order valence-electron chi connectivity index (χ0n) is 30.5. The molecule has 0 unspecified atom stereocenters. The zero-order chi connectivity index (χ0) is 35.8. The van der Waals surface area contributed by atoms with Crippen LogP contribution in [-0.2, 0) is 38.7 Å². The van der Waals surface area contributed by atoms with Gasteiger partial charge in [0.1, 0.15) is 5.78 Å². The molecule has 0 aromatic carbocycles. The second-order valence-electron chi connectivity index (χ2n) is 17.2. The van der Waals surface area contributed by atoms with Gasteiger partial charge >= 0.3 is 0 Å². The van der Waals surface area contributed by atoms with Crippen LogP contribution in [0, 0.1) is 34.5 Å². The maximum absolute atomic E-state index is 14.5. The van der Waals surface area contributed by atoms with Crippen molar-refractivity contribution in [3.05, 3.63) is 0 Å². The number of carbonyl (C=O) groups excluding carboxylic acids is 5. The number of nitrogens with zero attached hydrogens (tertiary/aromatic N) is 2. The van der Waals surface area contributed by atoms with Crippen LogP contribution in [0.3, 0.4) is 0 Å². The second-order valence-corrected chi connectivity index (χ2v) is 19.4. The summed E-state index contributed by atoms with van der Waals surface area (Å²) in [5.41, 5.74) is -0.762. The van der Waals surface area contributed by atoms with Gasteiger partial charge in [-0.05, 0) is 67.6 Å². The number of hydrogen-bond acceptors (Lipinski definition) is 8. The molecule has 1 N–H and O–H groups in total. The van der Waals surface area contributed by atoms with Crippen molar-refractivity contribution >= 4 is 39.2 Å². The predicted molar refractivity (Wildman–Crippen MR) is 187 cm³/mol. The molecule has 2 amide bonds. The van der Waals surface area contributed by atoms with Crippen molar-refractivity contribution in [2.75, 3.05) is 33.4 Å². The fourth-order valence-corrected chi connectivity index (χ4v) is 12.2. The van der Waals surface area contributed by atoms with Gasteiger partial charge in [-0.25, -0.2) is 12.7 Å². The average Bonchev–Trinajstić information content (AvgIpc) is 3.88. The van der Waals surface area contributed by atoms with E-state index >= 15 is 0 Å². The summed E-state index contributed by atoms with van der Waals surface area (Å²) < 4.78 is 34.3. The topological polar surface area (TPSA) is 147 Å². The van der Waals surface area contributed by atoms with Crippen LogP contribution in [0.15, 0.2) is 0 Å². The molecule has 12 heteroatoms. The third kappa shape index (κ3) is 7.77. The molecular formula is C38H59N3O8S. The van der Waals surface area contributed by atoms with Gasteiger partial charge in [-0.2, -0.15) is 0 Å². The highest BCUT2D eigenvalue weighted by molar-refractivity contribution is 7.90. The van der Waals surface area contributed by atoms with Gasteiger partial charge in [-0.3, -0.25) is 24.0 Å². The molecule has 0 aromatic rings. The monoisotopic (exact) mass is 717 g/mol. The summed E-state index contributed by atoms with van der Waals surface area (Å²) in [6.45, 7) is 5.63. The maximum Gasteiger partial charge on any atom is 0.287 e. The Kier molecular flexibility index (Phi) is 11.3. The van der Waals surface area contributed by atoms with Crippen molar-refractivity contribution in [1.29, 1.82) is 0 Å². The van der Waals surface area contributed by atoms with Crippen molar-refractivity contribution in [1.82, 2.24) is 14.5 Å². The van der Waals surface area contributed by atoms with E-state index in [0.717, 1.165) is 64.2 Å². The van der Waals surface area contributed by atoms with Crippen molar-refractivity contribution < 1.29 is 37.1 Å². The Morgan fingerprint density at radius 3 is 2.28 bits per heavy atom. The lowest BCUT2D eigenvalue weighted by Crippen LogP contribution is -2.50. The minimum absolute atomic E-state index is 0.0405. The van der Waals surface area contributed by atoms with Gasteiger partial charge < -0.3 is 15.0 Å². The van der Waals surface area contributed by atoms with Gasteiger partial charge in [0.05, 0.1) is 23.8 Å². The molecule has 3 aliphatic carbocycles. The van der Waals surface area contributed by atoms with E-state index < -0.39 is 50.3 Å². The van der Waals surface area contributed by atoms with Crippen LogP contribution >= 0.6 is 0 Å². The third-order valence-corrected chi connectivity index (χ3v) is 15.8. The third-order valence-electron chi connectivity index (χ3n) is 13.3. The first kappa shape index (κ1) is 37.6. The number of nitrogens with one attached hydrogen (secondary N) is 1. The fraction of sp³-hybridized carbons (Fsp3) is 0.868. The van der Waals surface area contributed by atoms with Gasteiger partial charge in [0.2, 0.25) is 21.7 Å². The number of piperidine rings is 1. The molecule has 280 valence electrons. The standard InChI is InChI=1S/C38H59N3O8S/c1-37(2)29-23-41-33(32(29)37)30(43)21-25(34(44)35(45)39-27-13-14-27)12-8-5-4-6-11-19-49-24-26(36(41)46)20-28(42)22-38(16-9-7-10-17-38)31-15-18-40(3)50(31,47)48/h25-27,29,31-33H,4-24H2,1-3H3,(H,39,45)/t25-,26+,29+,31+,32+,33-/m1/s1. The normalized spacial score (nSPS) is 34.8. The molecule has 6 rings (SSSR count). The van der Waals surface area contributed by atoms with Gasteiger partial charge in [0, 0.05) is 58.0 Å². The second kappa shape index (κ2) is 15.0. The molecule has 50 heavy (non-hydrogen) atoms. The highest BCUT2D eigenvalue weighted by atomic mass is 32.2. The molecule has 11 nitrogen and oxygen atoms in total. The minimum Gasteiger partial charge on any atom is -0.381 e. The van der Waals surface area contributed by atoms with E-state index in [2.05, 4.69) is 19.2 Å². The highest BCUT2D eigenvalue weighted by Crippen LogP contribution is 2.65. The molecular weight excluding hydrogens is 658 g/mol. The van der Waals surface area contributed by atoms with Gasteiger partial charge in [-0.1, -0.05) is 58.8 Å². The van der Waals surface area contributed by atoms with Crippen molar-refractivity contribution in [2.24, 2.45) is 34.5 Å².